The molecule has 29 heavy (non-hydrogen) atoms. The maximum Gasteiger partial charge on any atom is 0.262 e. The van der Waals surface area contributed by atoms with Crippen molar-refractivity contribution >= 4 is 17.5 Å². The molecule has 2 aromatic carbocycles. The molecule has 0 unspecified atom stereocenters. The quantitative estimate of drug-likeness (QED) is 0.804. The summed E-state index contributed by atoms with van der Waals surface area (Å²) >= 11 is 0. The van der Waals surface area contributed by atoms with Gasteiger partial charge in [-0.2, -0.15) is 0 Å². The van der Waals surface area contributed by atoms with Crippen LogP contribution in [0.2, 0.25) is 0 Å². The summed E-state index contributed by atoms with van der Waals surface area (Å²) < 4.78 is 5.78. The van der Waals surface area contributed by atoms with Crippen molar-refractivity contribution in [3.8, 4) is 5.75 Å². The zero-order valence-corrected chi connectivity index (χ0v) is 17.5. The molecule has 0 saturated carbocycles. The Kier molecular flexibility index (Phi) is 6.57. The zero-order chi connectivity index (χ0) is 20.9. The maximum atomic E-state index is 12.7. The van der Waals surface area contributed by atoms with E-state index >= 15 is 0 Å². The molecule has 2 aromatic rings. The highest BCUT2D eigenvalue weighted by Gasteiger charge is 2.20. The fraction of sp³-hybridized carbons (Fsp3) is 0.417. The normalized spacial score (nSPS) is 14.4. The summed E-state index contributed by atoms with van der Waals surface area (Å²) in [5.74, 6) is 0.483. The van der Waals surface area contributed by atoms with Gasteiger partial charge in [-0.1, -0.05) is 45.0 Å². The predicted octanol–water partition coefficient (Wildman–Crippen LogP) is 4.63. The number of hydrogen-bond donors (Lipinski definition) is 1. The zero-order valence-electron chi connectivity index (χ0n) is 17.5. The maximum absolute atomic E-state index is 12.7. The van der Waals surface area contributed by atoms with Gasteiger partial charge in [0.2, 0.25) is 0 Å². The Balaban J connectivity index is 1.61. The topological polar surface area (TPSA) is 58.6 Å². The molecule has 1 N–H and O–H groups in total. The summed E-state index contributed by atoms with van der Waals surface area (Å²) in [6, 6.07) is 14.9. The van der Waals surface area contributed by atoms with Gasteiger partial charge in [0.15, 0.2) is 6.61 Å². The van der Waals surface area contributed by atoms with Crippen LogP contribution in [0.3, 0.4) is 0 Å². The number of para-hydroxylation sites is 1. The second-order valence-electron chi connectivity index (χ2n) is 8.52. The Labute approximate surface area is 173 Å². The number of rotatable bonds is 5. The Morgan fingerprint density at radius 1 is 1.00 bits per heavy atom. The van der Waals surface area contributed by atoms with Crippen molar-refractivity contribution in [1.82, 2.24) is 4.90 Å². The van der Waals surface area contributed by atoms with Gasteiger partial charge in [-0.15, -0.1) is 0 Å². The number of benzene rings is 2. The van der Waals surface area contributed by atoms with Gasteiger partial charge in [0.1, 0.15) is 5.75 Å². The van der Waals surface area contributed by atoms with E-state index in [1.54, 1.807) is 24.3 Å². The van der Waals surface area contributed by atoms with Crippen LogP contribution in [-0.4, -0.2) is 36.4 Å². The van der Waals surface area contributed by atoms with Gasteiger partial charge < -0.3 is 15.0 Å². The minimum Gasteiger partial charge on any atom is -0.483 e. The van der Waals surface area contributed by atoms with E-state index in [9.17, 15) is 9.59 Å². The van der Waals surface area contributed by atoms with E-state index in [1.165, 1.54) is 6.42 Å². The lowest BCUT2D eigenvalue weighted by molar-refractivity contribution is -0.118. The number of hydrogen-bond acceptors (Lipinski definition) is 3. The van der Waals surface area contributed by atoms with Crippen molar-refractivity contribution in [2.24, 2.45) is 0 Å². The van der Waals surface area contributed by atoms with E-state index in [2.05, 4.69) is 26.1 Å². The second-order valence-corrected chi connectivity index (χ2v) is 8.52. The largest absolute Gasteiger partial charge is 0.483 e. The molecular weight excluding hydrogens is 364 g/mol. The summed E-state index contributed by atoms with van der Waals surface area (Å²) in [5.41, 5.74) is 2.19. The van der Waals surface area contributed by atoms with Crippen LogP contribution in [0.4, 0.5) is 5.69 Å². The fourth-order valence-corrected chi connectivity index (χ4v) is 3.56. The number of anilines is 1. The van der Waals surface area contributed by atoms with Crippen molar-refractivity contribution in [1.29, 1.82) is 0 Å². The molecule has 0 bridgehead atoms. The van der Waals surface area contributed by atoms with Crippen LogP contribution in [0.5, 0.6) is 5.75 Å². The number of likely N-dealkylation sites (tertiary alicyclic amines) is 1. The monoisotopic (exact) mass is 394 g/mol. The number of carbonyl (C=O) groups excluding carboxylic acids is 2. The summed E-state index contributed by atoms with van der Waals surface area (Å²) in [6.07, 6.45) is 3.28. The first-order chi connectivity index (χ1) is 13.8. The van der Waals surface area contributed by atoms with Gasteiger partial charge in [0, 0.05) is 24.3 Å². The van der Waals surface area contributed by atoms with Crippen LogP contribution < -0.4 is 10.1 Å². The van der Waals surface area contributed by atoms with E-state index in [-0.39, 0.29) is 23.8 Å². The van der Waals surface area contributed by atoms with E-state index in [4.69, 9.17) is 4.74 Å². The molecule has 154 valence electrons. The molecule has 1 aliphatic heterocycles. The van der Waals surface area contributed by atoms with Gasteiger partial charge >= 0.3 is 0 Å². The Bertz CT molecular complexity index is 864. The van der Waals surface area contributed by atoms with Crippen molar-refractivity contribution in [2.75, 3.05) is 25.0 Å². The summed E-state index contributed by atoms with van der Waals surface area (Å²) in [7, 11) is 0. The van der Waals surface area contributed by atoms with Crippen LogP contribution in [0.15, 0.2) is 48.5 Å². The molecular formula is C24H30N2O3. The van der Waals surface area contributed by atoms with Crippen LogP contribution in [0.1, 0.15) is 56.0 Å². The minimum absolute atomic E-state index is 0.0242. The van der Waals surface area contributed by atoms with E-state index in [0.29, 0.717) is 17.0 Å². The van der Waals surface area contributed by atoms with Crippen molar-refractivity contribution in [3.63, 3.8) is 0 Å². The average molecular weight is 395 g/mol. The van der Waals surface area contributed by atoms with Crippen LogP contribution >= 0.6 is 0 Å². The molecule has 2 amide bonds. The van der Waals surface area contributed by atoms with Crippen molar-refractivity contribution < 1.29 is 14.3 Å². The molecule has 1 fully saturated rings. The first-order valence-electron chi connectivity index (χ1n) is 10.3. The standard InChI is InChI=1S/C24H30N2O3/c1-24(2,3)20-12-5-6-13-21(20)29-17-22(27)25-19-11-9-10-18(16-19)23(28)26-14-7-4-8-15-26/h5-6,9-13,16H,4,7-8,14-15,17H2,1-3H3,(H,25,27). The highest BCUT2D eigenvalue weighted by atomic mass is 16.5. The number of nitrogens with one attached hydrogen (secondary N) is 1. The molecule has 0 aromatic heterocycles. The lowest BCUT2D eigenvalue weighted by Gasteiger charge is -2.26. The number of nitrogens with zero attached hydrogens (tertiary/aromatic N) is 1. The molecule has 0 spiro atoms. The van der Waals surface area contributed by atoms with Crippen molar-refractivity contribution in [2.45, 2.75) is 45.4 Å². The Hall–Kier alpha value is -2.82. The third-order valence-corrected chi connectivity index (χ3v) is 5.09. The SMILES string of the molecule is CC(C)(C)c1ccccc1OCC(=O)Nc1cccc(C(=O)N2CCCCC2)c1. The van der Waals surface area contributed by atoms with Gasteiger partial charge in [-0.25, -0.2) is 0 Å². The highest BCUT2D eigenvalue weighted by molar-refractivity contribution is 5.97. The average Bonchev–Trinajstić information content (AvgIpc) is 2.72. The van der Waals surface area contributed by atoms with Crippen molar-refractivity contribution in [3.05, 3.63) is 59.7 Å². The molecule has 0 atom stereocenters. The van der Waals surface area contributed by atoms with Gasteiger partial charge in [-0.05, 0) is 54.5 Å². The fourth-order valence-electron chi connectivity index (χ4n) is 3.56. The van der Waals surface area contributed by atoms with E-state index < -0.39 is 0 Å². The third-order valence-electron chi connectivity index (χ3n) is 5.09. The molecule has 5 heteroatoms. The number of ether oxygens (including phenoxy) is 1. The molecule has 1 heterocycles. The second kappa shape index (κ2) is 9.12. The van der Waals surface area contributed by atoms with Gasteiger partial charge in [0.05, 0.1) is 0 Å². The summed E-state index contributed by atoms with van der Waals surface area (Å²) in [4.78, 5) is 27.0. The van der Waals surface area contributed by atoms with Crippen LogP contribution in [-0.2, 0) is 10.2 Å². The molecule has 1 aliphatic rings. The first-order valence-corrected chi connectivity index (χ1v) is 10.3. The van der Waals surface area contributed by atoms with E-state index in [0.717, 1.165) is 31.5 Å². The lowest BCUT2D eigenvalue weighted by atomic mass is 9.86. The summed E-state index contributed by atoms with van der Waals surface area (Å²) in [6.45, 7) is 7.85. The molecule has 0 aliphatic carbocycles. The lowest BCUT2D eigenvalue weighted by Crippen LogP contribution is -2.35. The van der Waals surface area contributed by atoms with E-state index in [1.807, 2.05) is 29.2 Å². The summed E-state index contributed by atoms with van der Waals surface area (Å²) in [5, 5.41) is 2.83. The number of piperidine rings is 1. The highest BCUT2D eigenvalue weighted by Crippen LogP contribution is 2.30. The Morgan fingerprint density at radius 2 is 1.72 bits per heavy atom. The molecule has 5 nitrogen and oxygen atoms in total. The van der Waals surface area contributed by atoms with Gasteiger partial charge in [-0.3, -0.25) is 9.59 Å². The molecule has 1 saturated heterocycles. The molecule has 0 radical (unpaired) electrons. The predicted molar refractivity (Wildman–Crippen MR) is 115 cm³/mol. The van der Waals surface area contributed by atoms with Gasteiger partial charge in [0.25, 0.3) is 11.8 Å². The minimum atomic E-state index is -0.253. The number of carbonyl (C=O) groups is 2. The Morgan fingerprint density at radius 3 is 2.45 bits per heavy atom. The smallest absolute Gasteiger partial charge is 0.262 e. The molecule has 3 rings (SSSR count). The van der Waals surface area contributed by atoms with Crippen LogP contribution in [0, 0.1) is 0 Å². The van der Waals surface area contributed by atoms with Crippen LogP contribution in [0.25, 0.3) is 0 Å². The number of amides is 2. The third kappa shape index (κ3) is 5.59. The first kappa shape index (κ1) is 20.9.